The summed E-state index contributed by atoms with van der Waals surface area (Å²) >= 11 is 0. The van der Waals surface area contributed by atoms with E-state index in [9.17, 15) is 9.59 Å². The van der Waals surface area contributed by atoms with Crippen molar-refractivity contribution in [3.8, 4) is 0 Å². The number of aromatic nitrogens is 3. The van der Waals surface area contributed by atoms with E-state index in [1.54, 1.807) is 12.4 Å². The van der Waals surface area contributed by atoms with E-state index < -0.39 is 0 Å². The van der Waals surface area contributed by atoms with Gasteiger partial charge < -0.3 is 19.4 Å². The molecule has 2 aromatic heterocycles. The van der Waals surface area contributed by atoms with E-state index in [4.69, 9.17) is 0 Å². The number of H-pyrrole nitrogens is 1. The van der Waals surface area contributed by atoms with Gasteiger partial charge in [-0.15, -0.1) is 0 Å². The van der Waals surface area contributed by atoms with E-state index in [0.29, 0.717) is 31.7 Å². The Hall–Kier alpha value is -3.09. The Labute approximate surface area is 157 Å². The van der Waals surface area contributed by atoms with Crippen molar-refractivity contribution in [2.75, 3.05) is 26.2 Å². The summed E-state index contributed by atoms with van der Waals surface area (Å²) in [7, 11) is 1.97. The number of rotatable bonds is 2. The third-order valence-electron chi connectivity index (χ3n) is 5.53. The van der Waals surface area contributed by atoms with Crippen molar-refractivity contribution < 1.29 is 9.59 Å². The van der Waals surface area contributed by atoms with Crippen LogP contribution in [0.5, 0.6) is 0 Å². The number of fused-ring (bicyclic) bond motifs is 1. The molecule has 1 aliphatic rings. The number of imidazole rings is 1. The molecule has 2 amide bonds. The van der Waals surface area contributed by atoms with Crippen LogP contribution in [-0.4, -0.2) is 62.3 Å². The van der Waals surface area contributed by atoms with Crippen LogP contribution in [0.15, 0.2) is 30.6 Å². The minimum atomic E-state index is -0.00895. The second-order valence-corrected chi connectivity index (χ2v) is 7.06. The SMILES string of the molecule is Cc1cc(C(=O)N2CCN(C(=O)c3ccc4nc[nH]c4c3)CC2)c(C)n1C. The molecule has 7 nitrogen and oxygen atoms in total. The predicted octanol–water partition coefficient (Wildman–Crippen LogP) is 2.12. The molecule has 27 heavy (non-hydrogen) atoms. The molecule has 3 aromatic rings. The minimum absolute atomic E-state index is 0.00895. The lowest BCUT2D eigenvalue weighted by Crippen LogP contribution is -2.50. The van der Waals surface area contributed by atoms with E-state index in [1.165, 1.54) is 0 Å². The van der Waals surface area contributed by atoms with Crippen LogP contribution in [-0.2, 0) is 7.05 Å². The summed E-state index contributed by atoms with van der Waals surface area (Å²) in [5.41, 5.74) is 5.13. The van der Waals surface area contributed by atoms with Crippen molar-refractivity contribution in [1.82, 2.24) is 24.3 Å². The first kappa shape index (κ1) is 17.3. The number of benzene rings is 1. The fourth-order valence-electron chi connectivity index (χ4n) is 3.61. The van der Waals surface area contributed by atoms with Crippen molar-refractivity contribution in [2.45, 2.75) is 13.8 Å². The molecule has 0 bridgehead atoms. The zero-order valence-corrected chi connectivity index (χ0v) is 15.8. The Kier molecular flexibility index (Phi) is 4.22. The number of nitrogens with one attached hydrogen (secondary N) is 1. The first-order valence-electron chi connectivity index (χ1n) is 9.10. The third kappa shape index (κ3) is 2.99. The maximum absolute atomic E-state index is 12.8. The van der Waals surface area contributed by atoms with E-state index in [2.05, 4.69) is 9.97 Å². The van der Waals surface area contributed by atoms with E-state index >= 15 is 0 Å². The summed E-state index contributed by atoms with van der Waals surface area (Å²) in [5.74, 6) is 0.0347. The van der Waals surface area contributed by atoms with Gasteiger partial charge in [0.05, 0.1) is 22.9 Å². The minimum Gasteiger partial charge on any atom is -0.351 e. The molecule has 3 heterocycles. The van der Waals surface area contributed by atoms with Crippen molar-refractivity contribution in [3.63, 3.8) is 0 Å². The molecule has 1 saturated heterocycles. The summed E-state index contributed by atoms with van der Waals surface area (Å²) in [6.07, 6.45) is 1.62. The Morgan fingerprint density at radius 1 is 1.00 bits per heavy atom. The number of carbonyl (C=O) groups is 2. The van der Waals surface area contributed by atoms with Gasteiger partial charge in [0, 0.05) is 50.2 Å². The first-order chi connectivity index (χ1) is 13.0. The molecule has 0 saturated carbocycles. The van der Waals surface area contributed by atoms with Gasteiger partial charge in [-0.2, -0.15) is 0 Å². The second-order valence-electron chi connectivity index (χ2n) is 7.06. The summed E-state index contributed by atoms with van der Waals surface area (Å²) in [4.78, 5) is 36.5. The molecule has 1 aliphatic heterocycles. The zero-order valence-electron chi connectivity index (χ0n) is 15.8. The molecule has 7 heteroatoms. The van der Waals surface area contributed by atoms with Crippen LogP contribution >= 0.6 is 0 Å². The molecule has 1 N–H and O–H groups in total. The van der Waals surface area contributed by atoms with E-state index in [0.717, 1.165) is 28.0 Å². The Morgan fingerprint density at radius 2 is 1.67 bits per heavy atom. The summed E-state index contributed by atoms with van der Waals surface area (Å²) in [6, 6.07) is 7.42. The summed E-state index contributed by atoms with van der Waals surface area (Å²) in [5, 5.41) is 0. The van der Waals surface area contributed by atoms with Crippen LogP contribution in [0, 0.1) is 13.8 Å². The average molecular weight is 365 g/mol. The molecule has 4 rings (SSSR count). The molecule has 1 aromatic carbocycles. The van der Waals surface area contributed by atoms with Gasteiger partial charge in [-0.3, -0.25) is 9.59 Å². The van der Waals surface area contributed by atoms with Crippen LogP contribution in [0.25, 0.3) is 11.0 Å². The third-order valence-corrected chi connectivity index (χ3v) is 5.53. The van der Waals surface area contributed by atoms with Crippen molar-refractivity contribution in [1.29, 1.82) is 0 Å². The van der Waals surface area contributed by atoms with Crippen LogP contribution in [0.4, 0.5) is 0 Å². The number of hydrogen-bond acceptors (Lipinski definition) is 3. The number of aromatic amines is 1. The van der Waals surface area contributed by atoms with Gasteiger partial charge in [0.15, 0.2) is 0 Å². The van der Waals surface area contributed by atoms with Crippen LogP contribution < -0.4 is 0 Å². The van der Waals surface area contributed by atoms with Gasteiger partial charge in [0.25, 0.3) is 11.8 Å². The van der Waals surface area contributed by atoms with Gasteiger partial charge in [0.1, 0.15) is 0 Å². The van der Waals surface area contributed by atoms with Crippen molar-refractivity contribution >= 4 is 22.8 Å². The largest absolute Gasteiger partial charge is 0.351 e. The standard InChI is InChI=1S/C20H23N5O2/c1-13-10-16(14(2)23(13)3)20(27)25-8-6-24(7-9-25)19(26)15-4-5-17-18(11-15)22-12-21-17/h4-5,10-12H,6-9H2,1-3H3,(H,21,22). The average Bonchev–Trinajstić information content (AvgIpc) is 3.26. The lowest BCUT2D eigenvalue weighted by atomic mass is 10.1. The highest BCUT2D eigenvalue weighted by Gasteiger charge is 2.27. The fraction of sp³-hybridized carbons (Fsp3) is 0.350. The lowest BCUT2D eigenvalue weighted by Gasteiger charge is -2.34. The van der Waals surface area contributed by atoms with Crippen LogP contribution in [0.3, 0.4) is 0 Å². The normalized spacial score (nSPS) is 14.8. The molecular formula is C20H23N5O2. The molecule has 0 spiro atoms. The van der Waals surface area contributed by atoms with E-state index in [-0.39, 0.29) is 11.8 Å². The van der Waals surface area contributed by atoms with Crippen LogP contribution in [0.2, 0.25) is 0 Å². The molecule has 140 valence electrons. The molecule has 0 radical (unpaired) electrons. The number of nitrogens with zero attached hydrogens (tertiary/aromatic N) is 4. The molecule has 0 aliphatic carbocycles. The number of piperazine rings is 1. The van der Waals surface area contributed by atoms with Gasteiger partial charge in [-0.1, -0.05) is 0 Å². The quantitative estimate of drug-likeness (QED) is 0.756. The smallest absolute Gasteiger partial charge is 0.255 e. The number of amides is 2. The van der Waals surface area contributed by atoms with Gasteiger partial charge in [-0.05, 0) is 38.1 Å². The highest BCUT2D eigenvalue weighted by Crippen LogP contribution is 2.18. The second kappa shape index (κ2) is 6.57. The zero-order chi connectivity index (χ0) is 19.1. The number of hydrogen-bond donors (Lipinski definition) is 1. The Bertz CT molecular complexity index is 1020. The summed E-state index contributed by atoms with van der Waals surface area (Å²) < 4.78 is 2.03. The fourth-order valence-corrected chi connectivity index (χ4v) is 3.61. The highest BCUT2D eigenvalue weighted by molar-refractivity contribution is 5.98. The number of carbonyl (C=O) groups excluding carboxylic acids is 2. The maximum Gasteiger partial charge on any atom is 0.255 e. The van der Waals surface area contributed by atoms with Crippen molar-refractivity contribution in [2.24, 2.45) is 7.05 Å². The van der Waals surface area contributed by atoms with Crippen LogP contribution in [0.1, 0.15) is 32.1 Å². The van der Waals surface area contributed by atoms with Gasteiger partial charge >= 0.3 is 0 Å². The highest BCUT2D eigenvalue weighted by atomic mass is 16.2. The predicted molar refractivity (Wildman–Crippen MR) is 103 cm³/mol. The molecular weight excluding hydrogens is 342 g/mol. The monoisotopic (exact) mass is 365 g/mol. The Morgan fingerprint density at radius 3 is 2.30 bits per heavy atom. The first-order valence-corrected chi connectivity index (χ1v) is 9.10. The van der Waals surface area contributed by atoms with Crippen molar-refractivity contribution in [3.05, 3.63) is 53.1 Å². The topological polar surface area (TPSA) is 74.2 Å². The molecule has 1 fully saturated rings. The van der Waals surface area contributed by atoms with Gasteiger partial charge in [-0.25, -0.2) is 4.98 Å². The maximum atomic E-state index is 12.8. The Balaban J connectivity index is 1.44. The number of aryl methyl sites for hydroxylation is 1. The molecule has 0 atom stereocenters. The molecule has 0 unspecified atom stereocenters. The van der Waals surface area contributed by atoms with E-state index in [1.807, 2.05) is 53.5 Å². The lowest BCUT2D eigenvalue weighted by molar-refractivity contribution is 0.0535. The van der Waals surface area contributed by atoms with Gasteiger partial charge in [0.2, 0.25) is 0 Å². The summed E-state index contributed by atoms with van der Waals surface area (Å²) in [6.45, 7) is 6.13.